The minimum absolute atomic E-state index is 0.220. The van der Waals surface area contributed by atoms with Gasteiger partial charge < -0.3 is 4.98 Å². The number of H-pyrrole nitrogens is 1. The van der Waals surface area contributed by atoms with Gasteiger partial charge in [0.15, 0.2) is 0 Å². The van der Waals surface area contributed by atoms with Crippen molar-refractivity contribution in [2.24, 2.45) is 5.92 Å². The van der Waals surface area contributed by atoms with Gasteiger partial charge in [0.05, 0.1) is 0 Å². The molecule has 1 heterocycles. The smallest absolute Gasteiger partial charge is 0.133 e. The first-order valence-corrected chi connectivity index (χ1v) is 6.84. The summed E-state index contributed by atoms with van der Waals surface area (Å²) in [7, 11) is 0. The Morgan fingerprint density at radius 1 is 1.22 bits per heavy atom. The van der Waals surface area contributed by atoms with E-state index in [0.717, 1.165) is 12.8 Å². The van der Waals surface area contributed by atoms with Crippen LogP contribution in [-0.4, -0.2) is 10.8 Å². The summed E-state index contributed by atoms with van der Waals surface area (Å²) in [5.74, 6) is 0.982. The molecule has 2 heteroatoms. The number of benzene rings is 1. The second kappa shape index (κ2) is 4.60. The van der Waals surface area contributed by atoms with Crippen molar-refractivity contribution in [2.45, 2.75) is 38.5 Å². The zero-order valence-corrected chi connectivity index (χ0v) is 10.8. The molecule has 0 amide bonds. The molecule has 0 saturated heterocycles. The van der Waals surface area contributed by atoms with Crippen molar-refractivity contribution < 1.29 is 4.79 Å². The summed E-state index contributed by atoms with van der Waals surface area (Å²) < 4.78 is 0. The number of nitrogens with one attached hydrogen (secondary N) is 1. The summed E-state index contributed by atoms with van der Waals surface area (Å²) in [5.41, 5.74) is 2.52. The van der Waals surface area contributed by atoms with Crippen molar-refractivity contribution in [3.05, 3.63) is 36.0 Å². The maximum absolute atomic E-state index is 11.8. The molecule has 1 saturated carbocycles. The van der Waals surface area contributed by atoms with Gasteiger partial charge in [-0.1, -0.05) is 31.0 Å². The SMILES string of the molecule is CC(=O)C1CCCCC1c1c[nH]c2ccccc12. The fourth-order valence-corrected chi connectivity index (χ4v) is 3.39. The zero-order chi connectivity index (χ0) is 12.5. The predicted molar refractivity (Wildman–Crippen MR) is 73.7 cm³/mol. The zero-order valence-electron chi connectivity index (χ0n) is 10.8. The van der Waals surface area contributed by atoms with E-state index < -0.39 is 0 Å². The first-order chi connectivity index (χ1) is 8.77. The van der Waals surface area contributed by atoms with Crippen molar-refractivity contribution >= 4 is 16.7 Å². The largest absolute Gasteiger partial charge is 0.361 e. The van der Waals surface area contributed by atoms with E-state index in [1.165, 1.54) is 29.3 Å². The highest BCUT2D eigenvalue weighted by Gasteiger charge is 2.30. The highest BCUT2D eigenvalue weighted by Crippen LogP contribution is 2.40. The van der Waals surface area contributed by atoms with Gasteiger partial charge in [0.1, 0.15) is 5.78 Å². The molecule has 2 atom stereocenters. The number of ketones is 1. The summed E-state index contributed by atoms with van der Waals surface area (Å²) >= 11 is 0. The summed E-state index contributed by atoms with van der Waals surface area (Å²) in [6, 6.07) is 8.38. The topological polar surface area (TPSA) is 32.9 Å². The van der Waals surface area contributed by atoms with Crippen LogP contribution < -0.4 is 0 Å². The van der Waals surface area contributed by atoms with Crippen molar-refractivity contribution in [1.29, 1.82) is 0 Å². The molecule has 1 aliphatic rings. The van der Waals surface area contributed by atoms with Gasteiger partial charge in [-0.15, -0.1) is 0 Å². The van der Waals surface area contributed by atoms with Gasteiger partial charge in [-0.25, -0.2) is 0 Å². The predicted octanol–water partition coefficient (Wildman–Crippen LogP) is 4.03. The fraction of sp³-hybridized carbons (Fsp3) is 0.438. The van der Waals surface area contributed by atoms with Gasteiger partial charge in [-0.05, 0) is 37.3 Å². The molecule has 1 aromatic carbocycles. The molecule has 2 aromatic rings. The number of para-hydroxylation sites is 1. The number of carbonyl (C=O) groups excluding carboxylic acids is 1. The van der Waals surface area contributed by atoms with Crippen LogP contribution >= 0.6 is 0 Å². The molecule has 2 unspecified atom stereocenters. The molecule has 2 nitrogen and oxygen atoms in total. The third-order valence-corrected chi connectivity index (χ3v) is 4.31. The third-order valence-electron chi connectivity index (χ3n) is 4.31. The van der Waals surface area contributed by atoms with Crippen LogP contribution in [0.1, 0.15) is 44.1 Å². The molecule has 1 aliphatic carbocycles. The Hall–Kier alpha value is -1.57. The van der Waals surface area contributed by atoms with Gasteiger partial charge >= 0.3 is 0 Å². The molecule has 94 valence electrons. The quantitative estimate of drug-likeness (QED) is 0.846. The first kappa shape index (κ1) is 11.5. The normalized spacial score (nSPS) is 24.3. The van der Waals surface area contributed by atoms with Gasteiger partial charge in [-0.2, -0.15) is 0 Å². The van der Waals surface area contributed by atoms with Crippen LogP contribution in [0.5, 0.6) is 0 Å². The first-order valence-electron chi connectivity index (χ1n) is 6.84. The fourth-order valence-electron chi connectivity index (χ4n) is 3.39. The third kappa shape index (κ3) is 1.86. The van der Waals surface area contributed by atoms with Crippen LogP contribution in [-0.2, 0) is 4.79 Å². The molecular weight excluding hydrogens is 222 g/mol. The average Bonchev–Trinajstić information content (AvgIpc) is 2.82. The van der Waals surface area contributed by atoms with E-state index in [-0.39, 0.29) is 5.92 Å². The molecule has 0 aliphatic heterocycles. The molecule has 0 spiro atoms. The van der Waals surface area contributed by atoms with Crippen LogP contribution in [0.3, 0.4) is 0 Å². The minimum Gasteiger partial charge on any atom is -0.361 e. The van der Waals surface area contributed by atoms with E-state index >= 15 is 0 Å². The van der Waals surface area contributed by atoms with E-state index in [1.54, 1.807) is 6.92 Å². The van der Waals surface area contributed by atoms with Crippen LogP contribution in [0.2, 0.25) is 0 Å². The van der Waals surface area contributed by atoms with Gasteiger partial charge in [0.25, 0.3) is 0 Å². The number of carbonyl (C=O) groups is 1. The van der Waals surface area contributed by atoms with Crippen LogP contribution in [0.25, 0.3) is 10.9 Å². The molecule has 1 fully saturated rings. The Bertz CT molecular complexity index is 569. The number of aromatic amines is 1. The Morgan fingerprint density at radius 2 is 2.00 bits per heavy atom. The Morgan fingerprint density at radius 3 is 2.83 bits per heavy atom. The number of Topliss-reactive ketones (excluding diaryl/α,β-unsaturated/α-hetero) is 1. The van der Waals surface area contributed by atoms with Crippen LogP contribution in [0.15, 0.2) is 30.5 Å². The maximum Gasteiger partial charge on any atom is 0.133 e. The molecule has 0 radical (unpaired) electrons. The Labute approximate surface area is 107 Å². The summed E-state index contributed by atoms with van der Waals surface area (Å²) in [6.07, 6.45) is 6.75. The van der Waals surface area contributed by atoms with E-state index in [1.807, 2.05) is 6.07 Å². The Balaban J connectivity index is 2.04. The van der Waals surface area contributed by atoms with Crippen molar-refractivity contribution in [3.8, 4) is 0 Å². The van der Waals surface area contributed by atoms with Crippen LogP contribution in [0, 0.1) is 5.92 Å². The van der Waals surface area contributed by atoms with E-state index in [4.69, 9.17) is 0 Å². The summed E-state index contributed by atoms with van der Waals surface area (Å²) in [6.45, 7) is 1.75. The van der Waals surface area contributed by atoms with E-state index in [2.05, 4.69) is 29.4 Å². The van der Waals surface area contributed by atoms with E-state index in [0.29, 0.717) is 11.7 Å². The van der Waals surface area contributed by atoms with Crippen molar-refractivity contribution in [1.82, 2.24) is 4.98 Å². The second-order valence-corrected chi connectivity index (χ2v) is 5.40. The number of hydrogen-bond donors (Lipinski definition) is 1. The lowest BCUT2D eigenvalue weighted by molar-refractivity contribution is -0.122. The van der Waals surface area contributed by atoms with Gasteiger partial charge in [0, 0.05) is 23.0 Å². The number of aromatic nitrogens is 1. The average molecular weight is 241 g/mol. The Kier molecular flexibility index (Phi) is 2.94. The highest BCUT2D eigenvalue weighted by molar-refractivity contribution is 5.86. The molecule has 0 bridgehead atoms. The number of fused-ring (bicyclic) bond motifs is 1. The van der Waals surface area contributed by atoms with E-state index in [9.17, 15) is 4.79 Å². The maximum atomic E-state index is 11.8. The van der Waals surface area contributed by atoms with Crippen molar-refractivity contribution in [2.75, 3.05) is 0 Å². The summed E-state index contributed by atoms with van der Waals surface area (Å²) in [5, 5.41) is 1.29. The number of hydrogen-bond acceptors (Lipinski definition) is 1. The molecule has 1 aromatic heterocycles. The second-order valence-electron chi connectivity index (χ2n) is 5.40. The minimum atomic E-state index is 0.220. The monoisotopic (exact) mass is 241 g/mol. The van der Waals surface area contributed by atoms with Crippen LogP contribution in [0.4, 0.5) is 0 Å². The lowest BCUT2D eigenvalue weighted by Crippen LogP contribution is -2.23. The van der Waals surface area contributed by atoms with Gasteiger partial charge in [0.2, 0.25) is 0 Å². The summed E-state index contributed by atoms with van der Waals surface area (Å²) in [4.78, 5) is 15.2. The molecule has 3 rings (SSSR count). The molecule has 1 N–H and O–H groups in total. The number of rotatable bonds is 2. The highest BCUT2D eigenvalue weighted by atomic mass is 16.1. The van der Waals surface area contributed by atoms with Crippen molar-refractivity contribution in [3.63, 3.8) is 0 Å². The lowest BCUT2D eigenvalue weighted by atomic mass is 9.74. The molecule has 18 heavy (non-hydrogen) atoms. The standard InChI is InChI=1S/C16H19NO/c1-11(18)12-6-2-3-7-13(12)15-10-17-16-9-5-4-8-14(15)16/h4-5,8-10,12-13,17H,2-3,6-7H2,1H3. The molecular formula is C16H19NO. The van der Waals surface area contributed by atoms with Gasteiger partial charge in [-0.3, -0.25) is 4.79 Å². The lowest BCUT2D eigenvalue weighted by Gasteiger charge is -2.29.